The second kappa shape index (κ2) is 5.73. The van der Waals surface area contributed by atoms with Crippen molar-refractivity contribution >= 4 is 34.2 Å². The minimum atomic E-state index is -0.322. The molecule has 0 saturated carbocycles. The van der Waals surface area contributed by atoms with Gasteiger partial charge in [0.1, 0.15) is 4.88 Å². The van der Waals surface area contributed by atoms with E-state index >= 15 is 0 Å². The predicted octanol–water partition coefficient (Wildman–Crippen LogP) is 2.79. The molecule has 0 saturated heterocycles. The van der Waals surface area contributed by atoms with Crippen LogP contribution in [0.3, 0.4) is 0 Å². The fraction of sp³-hybridized carbons (Fsp3) is 0.636. The zero-order valence-corrected chi connectivity index (χ0v) is 12.4. The Hall–Kier alpha value is -0.750. The SMILES string of the molecule is COC(=O)c1sc(NCC(C)(C)SC)nc1C. The van der Waals surface area contributed by atoms with Gasteiger partial charge < -0.3 is 10.1 Å². The predicted molar refractivity (Wildman–Crippen MR) is 74.3 cm³/mol. The number of thioether (sulfide) groups is 1. The quantitative estimate of drug-likeness (QED) is 0.837. The van der Waals surface area contributed by atoms with E-state index in [0.717, 1.165) is 11.7 Å². The number of aryl methyl sites for hydroxylation is 1. The van der Waals surface area contributed by atoms with Gasteiger partial charge in [0.15, 0.2) is 5.13 Å². The summed E-state index contributed by atoms with van der Waals surface area (Å²) in [4.78, 5) is 16.3. The van der Waals surface area contributed by atoms with Gasteiger partial charge in [-0.25, -0.2) is 9.78 Å². The zero-order chi connectivity index (χ0) is 13.1. The Bertz CT molecular complexity index is 402. The highest BCUT2D eigenvalue weighted by Crippen LogP contribution is 2.26. The number of carbonyl (C=O) groups excluding carboxylic acids is 1. The van der Waals surface area contributed by atoms with Crippen molar-refractivity contribution in [2.24, 2.45) is 0 Å². The highest BCUT2D eigenvalue weighted by atomic mass is 32.2. The van der Waals surface area contributed by atoms with Crippen LogP contribution in [0.1, 0.15) is 29.2 Å². The monoisotopic (exact) mass is 274 g/mol. The number of hydrogen-bond donors (Lipinski definition) is 1. The van der Waals surface area contributed by atoms with E-state index in [1.165, 1.54) is 18.4 Å². The van der Waals surface area contributed by atoms with Crippen molar-refractivity contribution in [3.63, 3.8) is 0 Å². The average Bonchev–Trinajstić information content (AvgIpc) is 2.67. The standard InChI is InChI=1S/C11H18N2O2S2/c1-7-8(9(14)15-4)17-10(13-7)12-6-11(2,3)16-5/h6H2,1-5H3,(H,12,13). The molecule has 1 rings (SSSR count). The summed E-state index contributed by atoms with van der Waals surface area (Å²) < 4.78 is 4.84. The van der Waals surface area contributed by atoms with Gasteiger partial charge in [-0.1, -0.05) is 11.3 Å². The van der Waals surface area contributed by atoms with Gasteiger partial charge in [-0.2, -0.15) is 11.8 Å². The fourth-order valence-corrected chi connectivity index (χ4v) is 2.21. The molecule has 1 aromatic rings. The molecule has 1 aromatic heterocycles. The van der Waals surface area contributed by atoms with Crippen molar-refractivity contribution in [2.75, 3.05) is 25.2 Å². The molecule has 0 bridgehead atoms. The highest BCUT2D eigenvalue weighted by molar-refractivity contribution is 7.99. The van der Waals surface area contributed by atoms with Crippen LogP contribution < -0.4 is 5.32 Å². The minimum Gasteiger partial charge on any atom is -0.465 e. The Morgan fingerprint density at radius 3 is 2.76 bits per heavy atom. The van der Waals surface area contributed by atoms with Crippen LogP contribution in [0.25, 0.3) is 0 Å². The summed E-state index contributed by atoms with van der Waals surface area (Å²) in [5, 5.41) is 4.02. The van der Waals surface area contributed by atoms with Crippen LogP contribution in [0.2, 0.25) is 0 Å². The van der Waals surface area contributed by atoms with Gasteiger partial charge in [-0.3, -0.25) is 0 Å². The number of hydrogen-bond acceptors (Lipinski definition) is 6. The maximum absolute atomic E-state index is 11.4. The highest BCUT2D eigenvalue weighted by Gasteiger charge is 2.19. The van der Waals surface area contributed by atoms with Crippen LogP contribution in [-0.4, -0.2) is 35.6 Å². The van der Waals surface area contributed by atoms with Crippen molar-refractivity contribution in [2.45, 2.75) is 25.5 Å². The smallest absolute Gasteiger partial charge is 0.350 e. The fourth-order valence-electron chi connectivity index (χ4n) is 1.11. The van der Waals surface area contributed by atoms with E-state index in [1.807, 2.05) is 6.92 Å². The molecule has 0 aliphatic carbocycles. The molecule has 1 N–H and O–H groups in total. The van der Waals surface area contributed by atoms with E-state index in [2.05, 4.69) is 30.4 Å². The number of nitrogens with zero attached hydrogens (tertiary/aromatic N) is 1. The number of carbonyl (C=O) groups is 1. The second-order valence-electron chi connectivity index (χ2n) is 4.24. The Morgan fingerprint density at radius 2 is 2.24 bits per heavy atom. The molecule has 0 aliphatic rings. The summed E-state index contributed by atoms with van der Waals surface area (Å²) in [5.74, 6) is -0.322. The van der Waals surface area contributed by atoms with E-state index in [1.54, 1.807) is 11.8 Å². The number of nitrogens with one attached hydrogen (secondary N) is 1. The molecule has 0 aliphatic heterocycles. The van der Waals surface area contributed by atoms with E-state index in [9.17, 15) is 4.79 Å². The van der Waals surface area contributed by atoms with E-state index < -0.39 is 0 Å². The number of anilines is 1. The topological polar surface area (TPSA) is 51.2 Å². The zero-order valence-electron chi connectivity index (χ0n) is 10.8. The molecular formula is C11H18N2O2S2. The van der Waals surface area contributed by atoms with Gasteiger partial charge in [0.2, 0.25) is 0 Å². The van der Waals surface area contributed by atoms with Crippen molar-refractivity contribution in [1.82, 2.24) is 4.98 Å². The summed E-state index contributed by atoms with van der Waals surface area (Å²) >= 11 is 3.13. The maximum Gasteiger partial charge on any atom is 0.350 e. The molecule has 0 amide bonds. The van der Waals surface area contributed by atoms with Gasteiger partial charge in [0.25, 0.3) is 0 Å². The Balaban J connectivity index is 2.71. The molecule has 0 radical (unpaired) electrons. The number of esters is 1. The molecule has 0 aromatic carbocycles. The third-order valence-electron chi connectivity index (χ3n) is 2.39. The first-order valence-corrected chi connectivity index (χ1v) is 7.28. The molecule has 96 valence electrons. The first-order valence-electron chi connectivity index (χ1n) is 5.24. The molecule has 6 heteroatoms. The summed E-state index contributed by atoms with van der Waals surface area (Å²) in [6.45, 7) is 6.94. The van der Waals surface area contributed by atoms with Crippen LogP contribution in [0.4, 0.5) is 5.13 Å². The van der Waals surface area contributed by atoms with Gasteiger partial charge in [0.05, 0.1) is 12.8 Å². The molecule has 0 fully saturated rings. The lowest BCUT2D eigenvalue weighted by Crippen LogP contribution is -2.25. The molecule has 0 atom stereocenters. The van der Waals surface area contributed by atoms with Crippen LogP contribution in [-0.2, 0) is 4.74 Å². The molecule has 1 heterocycles. The van der Waals surface area contributed by atoms with Crippen molar-refractivity contribution in [3.05, 3.63) is 10.6 Å². The number of rotatable bonds is 5. The van der Waals surface area contributed by atoms with E-state index in [-0.39, 0.29) is 10.7 Å². The molecule has 17 heavy (non-hydrogen) atoms. The van der Waals surface area contributed by atoms with Gasteiger partial charge in [0, 0.05) is 11.3 Å². The van der Waals surface area contributed by atoms with Gasteiger partial charge in [-0.15, -0.1) is 0 Å². The number of aromatic nitrogens is 1. The number of ether oxygens (including phenoxy) is 1. The average molecular weight is 274 g/mol. The molecular weight excluding hydrogens is 256 g/mol. The van der Waals surface area contributed by atoms with Gasteiger partial charge >= 0.3 is 5.97 Å². The van der Waals surface area contributed by atoms with Crippen LogP contribution in [0.15, 0.2) is 0 Å². The summed E-state index contributed by atoms with van der Waals surface area (Å²) in [6.07, 6.45) is 2.08. The van der Waals surface area contributed by atoms with Crippen molar-refractivity contribution in [1.29, 1.82) is 0 Å². The lowest BCUT2D eigenvalue weighted by atomic mass is 10.2. The molecule has 0 spiro atoms. The van der Waals surface area contributed by atoms with Crippen molar-refractivity contribution < 1.29 is 9.53 Å². The summed E-state index contributed by atoms with van der Waals surface area (Å²) in [6, 6.07) is 0. The lowest BCUT2D eigenvalue weighted by molar-refractivity contribution is 0.0605. The van der Waals surface area contributed by atoms with Crippen LogP contribution in [0, 0.1) is 6.92 Å². The number of thiazole rings is 1. The first-order chi connectivity index (χ1) is 7.89. The van der Waals surface area contributed by atoms with Crippen molar-refractivity contribution in [3.8, 4) is 0 Å². The van der Waals surface area contributed by atoms with E-state index in [0.29, 0.717) is 10.6 Å². The summed E-state index contributed by atoms with van der Waals surface area (Å²) in [7, 11) is 1.38. The molecule has 4 nitrogen and oxygen atoms in total. The first kappa shape index (κ1) is 14.3. The Labute approximate surface area is 110 Å². The van der Waals surface area contributed by atoms with Gasteiger partial charge in [-0.05, 0) is 27.0 Å². The normalized spacial score (nSPS) is 11.4. The minimum absolute atomic E-state index is 0.144. The largest absolute Gasteiger partial charge is 0.465 e. The maximum atomic E-state index is 11.4. The molecule has 0 unspecified atom stereocenters. The van der Waals surface area contributed by atoms with E-state index in [4.69, 9.17) is 4.74 Å². The number of methoxy groups -OCH3 is 1. The summed E-state index contributed by atoms with van der Waals surface area (Å²) in [5.41, 5.74) is 0.714. The Morgan fingerprint density at radius 1 is 1.59 bits per heavy atom. The third-order valence-corrected chi connectivity index (χ3v) is 4.73. The van der Waals surface area contributed by atoms with Crippen LogP contribution in [0.5, 0.6) is 0 Å². The lowest BCUT2D eigenvalue weighted by Gasteiger charge is -2.21. The van der Waals surface area contributed by atoms with Crippen LogP contribution >= 0.6 is 23.1 Å². The third kappa shape index (κ3) is 3.89. The Kier molecular flexibility index (Phi) is 4.82. The second-order valence-corrected chi connectivity index (χ2v) is 6.75.